The van der Waals surface area contributed by atoms with E-state index in [-0.39, 0.29) is 5.92 Å². The Morgan fingerprint density at radius 2 is 2.19 bits per heavy atom. The van der Waals surface area contributed by atoms with Crippen LogP contribution in [0.3, 0.4) is 0 Å². The molecule has 16 heavy (non-hydrogen) atoms. The molecule has 0 aromatic rings. The molecule has 2 fully saturated rings. The van der Waals surface area contributed by atoms with Gasteiger partial charge in [-0.1, -0.05) is 12.2 Å². The van der Waals surface area contributed by atoms with E-state index in [0.717, 1.165) is 19.4 Å². The largest absolute Gasteiger partial charge is 0.286 e. The molecule has 4 unspecified atom stereocenters. The van der Waals surface area contributed by atoms with Gasteiger partial charge in [0, 0.05) is 17.7 Å². The lowest BCUT2D eigenvalue weighted by Crippen LogP contribution is -2.28. The van der Waals surface area contributed by atoms with Crippen LogP contribution in [0.15, 0.2) is 12.2 Å². The number of alkyl halides is 1. The van der Waals surface area contributed by atoms with Gasteiger partial charge in [-0.3, -0.25) is 9.10 Å². The van der Waals surface area contributed by atoms with Crippen molar-refractivity contribution in [2.45, 2.75) is 24.5 Å². The third-order valence-corrected chi connectivity index (χ3v) is 5.68. The molecule has 0 aromatic heterocycles. The molecule has 1 saturated heterocycles. The van der Waals surface area contributed by atoms with E-state index in [1.807, 2.05) is 4.31 Å². The zero-order valence-corrected chi connectivity index (χ0v) is 10.7. The summed E-state index contributed by atoms with van der Waals surface area (Å²) in [6.45, 7) is 0.878. The molecule has 0 N–H and O–H groups in total. The molecule has 0 aromatic carbocycles. The number of halogens is 1. The molecule has 3 rings (SSSR count). The number of unbranched alkanes of at least 4 members (excludes halogenated alkanes) is 1. The Labute approximate surface area is 106 Å². The SMILES string of the molecule is O=C1C2C3C=CC(C3)C2SN1CCCCCl. The lowest BCUT2D eigenvalue weighted by atomic mass is 9.92. The van der Waals surface area contributed by atoms with Crippen LogP contribution in [-0.4, -0.2) is 27.9 Å². The summed E-state index contributed by atoms with van der Waals surface area (Å²) in [7, 11) is 0. The van der Waals surface area contributed by atoms with Crippen LogP contribution < -0.4 is 0 Å². The van der Waals surface area contributed by atoms with Gasteiger partial charge in [-0.25, -0.2) is 0 Å². The van der Waals surface area contributed by atoms with E-state index in [0.29, 0.717) is 28.9 Å². The van der Waals surface area contributed by atoms with Crippen LogP contribution in [0.25, 0.3) is 0 Å². The Morgan fingerprint density at radius 3 is 2.94 bits per heavy atom. The Hall–Kier alpha value is -0.150. The smallest absolute Gasteiger partial charge is 0.237 e. The van der Waals surface area contributed by atoms with Crippen LogP contribution in [0.4, 0.5) is 0 Å². The lowest BCUT2D eigenvalue weighted by Gasteiger charge is -2.16. The maximum absolute atomic E-state index is 12.2. The summed E-state index contributed by atoms with van der Waals surface area (Å²) in [4.78, 5) is 12.2. The van der Waals surface area contributed by atoms with E-state index in [1.54, 1.807) is 11.9 Å². The molecule has 2 aliphatic carbocycles. The van der Waals surface area contributed by atoms with Gasteiger partial charge >= 0.3 is 0 Å². The fourth-order valence-corrected chi connectivity index (χ4v) is 4.87. The summed E-state index contributed by atoms with van der Waals surface area (Å²) < 4.78 is 1.99. The molecule has 0 radical (unpaired) electrons. The fraction of sp³-hybridized carbons (Fsp3) is 0.750. The number of nitrogens with zero attached hydrogens (tertiary/aromatic N) is 1. The Morgan fingerprint density at radius 1 is 1.38 bits per heavy atom. The second-order valence-corrected chi connectivity index (χ2v) is 6.45. The summed E-state index contributed by atoms with van der Waals surface area (Å²) in [5.74, 6) is 2.55. The minimum absolute atomic E-state index is 0.288. The molecule has 2 nitrogen and oxygen atoms in total. The van der Waals surface area contributed by atoms with Crippen LogP contribution in [0.1, 0.15) is 19.3 Å². The third kappa shape index (κ3) is 1.60. The van der Waals surface area contributed by atoms with Crippen molar-refractivity contribution in [3.05, 3.63) is 12.2 Å². The van der Waals surface area contributed by atoms with Gasteiger partial charge in [0.15, 0.2) is 0 Å². The Balaban J connectivity index is 1.63. The quantitative estimate of drug-likeness (QED) is 0.334. The van der Waals surface area contributed by atoms with Crippen molar-refractivity contribution in [2.24, 2.45) is 17.8 Å². The summed E-state index contributed by atoms with van der Waals surface area (Å²) >= 11 is 7.45. The van der Waals surface area contributed by atoms with E-state index in [2.05, 4.69) is 12.2 Å². The Kier molecular flexibility index (Phi) is 2.92. The van der Waals surface area contributed by atoms with E-state index >= 15 is 0 Å². The number of rotatable bonds is 4. The van der Waals surface area contributed by atoms with Gasteiger partial charge in [-0.2, -0.15) is 0 Å². The number of hydrogen-bond acceptors (Lipinski definition) is 2. The average Bonchev–Trinajstić information content (AvgIpc) is 2.93. The van der Waals surface area contributed by atoms with Crippen molar-refractivity contribution in [2.75, 3.05) is 12.4 Å². The zero-order chi connectivity index (χ0) is 11.1. The van der Waals surface area contributed by atoms with E-state index in [1.165, 1.54) is 6.42 Å². The third-order valence-electron chi connectivity index (χ3n) is 3.91. The van der Waals surface area contributed by atoms with Gasteiger partial charge in [-0.15, -0.1) is 11.6 Å². The molecular weight excluding hydrogens is 242 g/mol. The number of allylic oxidation sites excluding steroid dienone is 2. The summed E-state index contributed by atoms with van der Waals surface area (Å²) in [6.07, 6.45) is 7.82. The highest BCUT2D eigenvalue weighted by molar-refractivity contribution is 7.98. The number of amides is 1. The van der Waals surface area contributed by atoms with Gasteiger partial charge in [0.05, 0.1) is 5.92 Å². The molecule has 3 aliphatic rings. The highest BCUT2D eigenvalue weighted by atomic mass is 35.5. The maximum Gasteiger partial charge on any atom is 0.237 e. The van der Waals surface area contributed by atoms with Crippen LogP contribution in [-0.2, 0) is 4.79 Å². The summed E-state index contributed by atoms with van der Waals surface area (Å²) in [5, 5.41) is 0.540. The molecule has 1 amide bonds. The molecule has 1 heterocycles. The molecule has 4 heteroatoms. The Bertz CT molecular complexity index is 333. The van der Waals surface area contributed by atoms with Gasteiger partial charge in [0.25, 0.3) is 0 Å². The highest BCUT2D eigenvalue weighted by Crippen LogP contribution is 2.54. The van der Waals surface area contributed by atoms with Crippen molar-refractivity contribution < 1.29 is 4.79 Å². The molecule has 2 bridgehead atoms. The van der Waals surface area contributed by atoms with Crippen molar-refractivity contribution in [1.29, 1.82) is 0 Å². The molecule has 0 spiro atoms. The summed E-state index contributed by atoms with van der Waals surface area (Å²) in [5.41, 5.74) is 0. The predicted molar refractivity (Wildman–Crippen MR) is 67.3 cm³/mol. The van der Waals surface area contributed by atoms with Crippen molar-refractivity contribution >= 4 is 29.5 Å². The molecular formula is C12H16ClNOS. The van der Waals surface area contributed by atoms with Crippen molar-refractivity contribution in [1.82, 2.24) is 4.31 Å². The van der Waals surface area contributed by atoms with Gasteiger partial charge in [0.1, 0.15) is 0 Å². The van der Waals surface area contributed by atoms with Gasteiger partial charge in [0.2, 0.25) is 5.91 Å². The second-order valence-electron chi connectivity index (χ2n) is 4.88. The van der Waals surface area contributed by atoms with Crippen molar-refractivity contribution in [3.63, 3.8) is 0 Å². The van der Waals surface area contributed by atoms with E-state index in [9.17, 15) is 4.79 Å². The van der Waals surface area contributed by atoms with Crippen LogP contribution in [0.5, 0.6) is 0 Å². The van der Waals surface area contributed by atoms with E-state index < -0.39 is 0 Å². The van der Waals surface area contributed by atoms with Gasteiger partial charge < -0.3 is 0 Å². The minimum Gasteiger partial charge on any atom is -0.286 e. The first-order chi connectivity index (χ1) is 7.81. The predicted octanol–water partition coefficient (Wildman–Crippen LogP) is 2.69. The van der Waals surface area contributed by atoms with Crippen LogP contribution in [0, 0.1) is 17.8 Å². The first-order valence-electron chi connectivity index (χ1n) is 6.03. The van der Waals surface area contributed by atoms with Crippen LogP contribution >= 0.6 is 23.5 Å². The van der Waals surface area contributed by atoms with Gasteiger partial charge in [-0.05, 0) is 43.0 Å². The topological polar surface area (TPSA) is 20.3 Å². The highest BCUT2D eigenvalue weighted by Gasteiger charge is 2.54. The molecule has 4 atom stereocenters. The molecule has 88 valence electrons. The molecule has 1 aliphatic heterocycles. The standard InChI is InChI=1S/C12H16ClNOS/c13-5-1-2-6-14-12(15)10-8-3-4-9(7-8)11(10)16-14/h3-4,8-11H,1-2,5-7H2. The number of carbonyl (C=O) groups excluding carboxylic acids is 1. The zero-order valence-electron chi connectivity index (χ0n) is 9.14. The monoisotopic (exact) mass is 257 g/mol. The minimum atomic E-state index is 0.288. The summed E-state index contributed by atoms with van der Waals surface area (Å²) in [6, 6.07) is 0. The number of hydrogen-bond donors (Lipinski definition) is 0. The number of fused-ring (bicyclic) bond motifs is 5. The van der Waals surface area contributed by atoms with E-state index in [4.69, 9.17) is 11.6 Å². The normalized spacial score (nSPS) is 39.8. The maximum atomic E-state index is 12.2. The average molecular weight is 258 g/mol. The van der Waals surface area contributed by atoms with Crippen molar-refractivity contribution in [3.8, 4) is 0 Å². The molecule has 1 saturated carbocycles. The fourth-order valence-electron chi connectivity index (χ4n) is 3.12. The first kappa shape index (κ1) is 11.0. The van der Waals surface area contributed by atoms with Crippen LogP contribution in [0.2, 0.25) is 0 Å². The lowest BCUT2D eigenvalue weighted by molar-refractivity contribution is -0.129. The first-order valence-corrected chi connectivity index (χ1v) is 7.41. The second kappa shape index (κ2) is 4.26. The number of carbonyl (C=O) groups is 1.